The molecule has 0 aliphatic heterocycles. The number of carbonyl (C=O) groups excluding carboxylic acids is 2. The Labute approximate surface area is 119 Å². The molecule has 0 saturated heterocycles. The summed E-state index contributed by atoms with van der Waals surface area (Å²) in [6.45, 7) is 2.11. The lowest BCUT2D eigenvalue weighted by molar-refractivity contribution is -0.116. The van der Waals surface area contributed by atoms with Crippen LogP contribution < -0.4 is 0 Å². The maximum absolute atomic E-state index is 11.5. The summed E-state index contributed by atoms with van der Waals surface area (Å²) in [5.41, 5.74) is 1.38. The van der Waals surface area contributed by atoms with Crippen LogP contribution in [0.4, 0.5) is 0 Å². The quantitative estimate of drug-likeness (QED) is 0.457. The molecule has 0 spiro atoms. The molecule has 0 heterocycles. The first-order chi connectivity index (χ1) is 8.08. The summed E-state index contributed by atoms with van der Waals surface area (Å²) in [6, 6.07) is 5.23. The van der Waals surface area contributed by atoms with Gasteiger partial charge in [0.25, 0.3) is 0 Å². The van der Waals surface area contributed by atoms with E-state index in [1.54, 1.807) is 25.1 Å². The second-order valence-corrected chi connectivity index (χ2v) is 4.81. The van der Waals surface area contributed by atoms with E-state index in [9.17, 15) is 9.59 Å². The molecule has 1 aromatic rings. The van der Waals surface area contributed by atoms with Gasteiger partial charge in [0.2, 0.25) is 0 Å². The van der Waals surface area contributed by atoms with Gasteiger partial charge in [0.15, 0.2) is 5.78 Å². The van der Waals surface area contributed by atoms with Crippen molar-refractivity contribution in [1.29, 1.82) is 0 Å². The maximum atomic E-state index is 11.5. The van der Waals surface area contributed by atoms with Crippen LogP contribution in [0, 0.1) is 3.57 Å². The molecule has 92 valence electrons. The van der Waals surface area contributed by atoms with Gasteiger partial charge in [-0.05, 0) is 47.2 Å². The first-order valence-electron chi connectivity index (χ1n) is 5.11. The molecule has 0 bridgehead atoms. The van der Waals surface area contributed by atoms with E-state index >= 15 is 0 Å². The number of alkyl halides is 1. The summed E-state index contributed by atoms with van der Waals surface area (Å²) in [6.07, 6.45) is 0.294. The van der Waals surface area contributed by atoms with Crippen molar-refractivity contribution in [2.45, 2.75) is 13.3 Å². The van der Waals surface area contributed by atoms with E-state index in [-0.39, 0.29) is 17.6 Å². The van der Waals surface area contributed by atoms with E-state index in [1.165, 1.54) is 0 Å². The zero-order chi connectivity index (χ0) is 12.8. The van der Waals surface area contributed by atoms with Gasteiger partial charge >= 0.3 is 5.97 Å². The van der Waals surface area contributed by atoms with Gasteiger partial charge in [-0.2, -0.15) is 0 Å². The van der Waals surface area contributed by atoms with Crippen molar-refractivity contribution in [2.75, 3.05) is 12.5 Å². The van der Waals surface area contributed by atoms with Gasteiger partial charge in [0.1, 0.15) is 0 Å². The molecule has 3 nitrogen and oxygen atoms in total. The van der Waals surface area contributed by atoms with Crippen LogP contribution in [0.1, 0.15) is 22.8 Å². The largest absolute Gasteiger partial charge is 0.462 e. The highest BCUT2D eigenvalue weighted by Gasteiger charge is 2.12. The molecule has 0 saturated carbocycles. The third-order valence-corrected chi connectivity index (χ3v) is 3.27. The molecule has 5 heteroatoms. The molecular formula is C12H12ClIO3. The minimum Gasteiger partial charge on any atom is -0.462 e. The number of halogens is 2. The molecule has 17 heavy (non-hydrogen) atoms. The molecule has 0 fully saturated rings. The molecule has 0 radical (unpaired) electrons. The zero-order valence-corrected chi connectivity index (χ0v) is 12.2. The summed E-state index contributed by atoms with van der Waals surface area (Å²) < 4.78 is 5.70. The van der Waals surface area contributed by atoms with Crippen molar-refractivity contribution >= 4 is 45.9 Å². The van der Waals surface area contributed by atoms with E-state index in [2.05, 4.69) is 22.6 Å². The number of hydrogen-bond donors (Lipinski definition) is 0. The van der Waals surface area contributed by atoms with Crippen molar-refractivity contribution in [2.24, 2.45) is 0 Å². The van der Waals surface area contributed by atoms with E-state index in [0.717, 1.165) is 9.13 Å². The minimum absolute atomic E-state index is 0.0101. The van der Waals surface area contributed by atoms with Gasteiger partial charge in [0.05, 0.1) is 18.1 Å². The van der Waals surface area contributed by atoms with Gasteiger partial charge < -0.3 is 4.74 Å². The van der Waals surface area contributed by atoms with Crippen LogP contribution >= 0.6 is 34.2 Å². The highest BCUT2D eigenvalue weighted by molar-refractivity contribution is 14.1. The molecule has 0 amide bonds. The first-order valence-corrected chi connectivity index (χ1v) is 6.73. The van der Waals surface area contributed by atoms with E-state index in [0.29, 0.717) is 18.6 Å². The molecule has 0 aliphatic carbocycles. The van der Waals surface area contributed by atoms with E-state index in [1.807, 2.05) is 0 Å². The summed E-state index contributed by atoms with van der Waals surface area (Å²) in [4.78, 5) is 22.7. The summed E-state index contributed by atoms with van der Waals surface area (Å²) in [5, 5.41) is 0. The van der Waals surface area contributed by atoms with Crippen molar-refractivity contribution in [1.82, 2.24) is 0 Å². The third kappa shape index (κ3) is 4.27. The molecule has 1 aromatic carbocycles. The average Bonchev–Trinajstić information content (AvgIpc) is 2.29. The smallest absolute Gasteiger partial charge is 0.339 e. The highest BCUT2D eigenvalue weighted by atomic mass is 127. The minimum atomic E-state index is -0.341. The molecular weight excluding hydrogens is 354 g/mol. The number of esters is 1. The topological polar surface area (TPSA) is 43.4 Å². The summed E-state index contributed by atoms with van der Waals surface area (Å²) in [7, 11) is 0. The van der Waals surface area contributed by atoms with E-state index < -0.39 is 0 Å². The predicted molar refractivity (Wildman–Crippen MR) is 74.5 cm³/mol. The Kier molecular flexibility index (Phi) is 5.91. The third-order valence-electron chi connectivity index (χ3n) is 2.08. The predicted octanol–water partition coefficient (Wildman–Crippen LogP) is 2.82. The van der Waals surface area contributed by atoms with Crippen molar-refractivity contribution < 1.29 is 14.3 Å². The molecule has 0 N–H and O–H groups in total. The van der Waals surface area contributed by atoms with Gasteiger partial charge in [-0.1, -0.05) is 6.07 Å². The van der Waals surface area contributed by atoms with Crippen LogP contribution in [0.2, 0.25) is 0 Å². The molecule has 0 unspecified atom stereocenters. The molecule has 1 rings (SSSR count). The number of carbonyl (C=O) groups is 2. The number of Topliss-reactive ketones (excluding diaryl/α,β-unsaturated/α-hetero) is 1. The lowest BCUT2D eigenvalue weighted by Gasteiger charge is -2.06. The second-order valence-electron chi connectivity index (χ2n) is 3.38. The van der Waals surface area contributed by atoms with Crippen LogP contribution in [0.3, 0.4) is 0 Å². The van der Waals surface area contributed by atoms with Gasteiger partial charge in [-0.3, -0.25) is 4.79 Å². The Bertz CT molecular complexity index is 432. The fourth-order valence-corrected chi connectivity index (χ4v) is 2.21. The van der Waals surface area contributed by atoms with Crippen molar-refractivity contribution in [3.05, 3.63) is 32.9 Å². The van der Waals surface area contributed by atoms with E-state index in [4.69, 9.17) is 16.3 Å². The number of benzene rings is 1. The molecule has 0 atom stereocenters. The zero-order valence-electron chi connectivity index (χ0n) is 9.33. The highest BCUT2D eigenvalue weighted by Crippen LogP contribution is 2.16. The maximum Gasteiger partial charge on any atom is 0.339 e. The summed E-state index contributed by atoms with van der Waals surface area (Å²) >= 11 is 7.49. The lowest BCUT2D eigenvalue weighted by Crippen LogP contribution is -2.08. The van der Waals surface area contributed by atoms with Crippen LogP contribution in [0.5, 0.6) is 0 Å². The Morgan fingerprint density at radius 3 is 2.65 bits per heavy atom. The fourth-order valence-electron chi connectivity index (χ4n) is 1.32. The molecule has 0 aliphatic rings. The Morgan fingerprint density at radius 1 is 1.41 bits per heavy atom. The number of hydrogen-bond acceptors (Lipinski definition) is 3. The number of ether oxygens (including phenoxy) is 1. The van der Waals surface area contributed by atoms with Gasteiger partial charge in [-0.15, -0.1) is 11.6 Å². The lowest BCUT2D eigenvalue weighted by atomic mass is 10.1. The summed E-state index contributed by atoms with van der Waals surface area (Å²) in [5.74, 6) is -0.366. The Hall–Kier alpha value is -0.620. The van der Waals surface area contributed by atoms with Gasteiger partial charge in [-0.25, -0.2) is 4.79 Å². The second kappa shape index (κ2) is 6.96. The normalized spacial score (nSPS) is 10.1. The van der Waals surface area contributed by atoms with Gasteiger partial charge in [0, 0.05) is 9.99 Å². The number of rotatable bonds is 5. The Morgan fingerprint density at radius 2 is 2.12 bits per heavy atom. The fraction of sp³-hybridized carbons (Fsp3) is 0.333. The van der Waals surface area contributed by atoms with Crippen LogP contribution in [-0.2, 0) is 16.0 Å². The average molecular weight is 367 g/mol. The van der Waals surface area contributed by atoms with Crippen LogP contribution in [0.15, 0.2) is 18.2 Å². The first kappa shape index (κ1) is 14.4. The number of ketones is 1. The van der Waals surface area contributed by atoms with Crippen LogP contribution in [-0.4, -0.2) is 24.2 Å². The van der Waals surface area contributed by atoms with Crippen LogP contribution in [0.25, 0.3) is 0 Å². The monoisotopic (exact) mass is 366 g/mol. The SMILES string of the molecule is CCOC(=O)c1ccc(CC(=O)CCl)cc1I. The molecule has 0 aromatic heterocycles. The standard InChI is InChI=1S/C12H12ClIO3/c1-2-17-12(16)10-4-3-8(6-11(10)14)5-9(15)7-13/h3-4,6H,2,5,7H2,1H3. The van der Waals surface area contributed by atoms with Crippen molar-refractivity contribution in [3.8, 4) is 0 Å². The van der Waals surface area contributed by atoms with Crippen molar-refractivity contribution in [3.63, 3.8) is 0 Å². The Balaban J connectivity index is 2.86.